The van der Waals surface area contributed by atoms with Crippen molar-refractivity contribution in [3.63, 3.8) is 0 Å². The number of anilines is 1. The van der Waals surface area contributed by atoms with E-state index in [1.165, 1.54) is 0 Å². The molecule has 0 fully saturated rings. The van der Waals surface area contributed by atoms with Gasteiger partial charge < -0.3 is 10.1 Å². The average Bonchev–Trinajstić information content (AvgIpc) is 3.04. The predicted octanol–water partition coefficient (Wildman–Crippen LogP) is 4.26. The first-order valence-electron chi connectivity index (χ1n) is 9.01. The lowest BCUT2D eigenvalue weighted by molar-refractivity contribution is -0.116. The number of amides is 1. The molecule has 1 N–H and O–H groups in total. The summed E-state index contributed by atoms with van der Waals surface area (Å²) in [6, 6.07) is 11.5. The molecule has 136 valence electrons. The van der Waals surface area contributed by atoms with Gasteiger partial charge in [-0.3, -0.25) is 4.79 Å². The van der Waals surface area contributed by atoms with Crippen molar-refractivity contribution in [2.24, 2.45) is 0 Å². The predicted molar refractivity (Wildman–Crippen MR) is 103 cm³/mol. The number of hydrogen-bond donors (Lipinski definition) is 1. The van der Waals surface area contributed by atoms with Gasteiger partial charge in [0.05, 0.1) is 12.3 Å². The van der Waals surface area contributed by atoms with Crippen molar-refractivity contribution in [2.45, 2.75) is 40.0 Å². The number of aryl methyl sites for hydroxylation is 1. The molecular formula is C20H24N4O2. The van der Waals surface area contributed by atoms with E-state index in [0.29, 0.717) is 13.0 Å². The number of carbonyl (C=O) groups is 1. The molecule has 1 amide bonds. The Labute approximate surface area is 153 Å². The lowest BCUT2D eigenvalue weighted by Crippen LogP contribution is -2.11. The van der Waals surface area contributed by atoms with Crippen LogP contribution in [0.3, 0.4) is 0 Å². The number of benzene rings is 2. The lowest BCUT2D eigenvalue weighted by Gasteiger charge is -2.07. The van der Waals surface area contributed by atoms with E-state index < -0.39 is 0 Å². The Morgan fingerprint density at radius 1 is 1.12 bits per heavy atom. The summed E-state index contributed by atoms with van der Waals surface area (Å²) in [6.45, 7) is 6.63. The molecule has 1 heterocycles. The van der Waals surface area contributed by atoms with Crippen molar-refractivity contribution < 1.29 is 9.53 Å². The van der Waals surface area contributed by atoms with E-state index in [-0.39, 0.29) is 5.91 Å². The molecule has 0 saturated carbocycles. The number of ether oxygens (including phenoxy) is 1. The summed E-state index contributed by atoms with van der Waals surface area (Å²) in [4.78, 5) is 13.6. The van der Waals surface area contributed by atoms with Crippen LogP contribution in [0, 0.1) is 6.92 Å². The summed E-state index contributed by atoms with van der Waals surface area (Å²) in [7, 11) is 0. The number of carbonyl (C=O) groups excluding carboxylic acids is 1. The highest BCUT2D eigenvalue weighted by atomic mass is 16.5. The molecular weight excluding hydrogens is 328 g/mol. The second-order valence-electron chi connectivity index (χ2n) is 6.22. The minimum atomic E-state index is 0.0354. The van der Waals surface area contributed by atoms with Gasteiger partial charge >= 0.3 is 0 Å². The number of hydrogen-bond acceptors (Lipinski definition) is 4. The van der Waals surface area contributed by atoms with Crippen molar-refractivity contribution in [2.75, 3.05) is 11.9 Å². The lowest BCUT2D eigenvalue weighted by atomic mass is 10.1. The number of rotatable bonds is 7. The van der Waals surface area contributed by atoms with E-state index in [9.17, 15) is 4.79 Å². The molecule has 0 aliphatic heterocycles. The molecule has 1 aromatic heterocycles. The molecule has 0 saturated heterocycles. The number of nitrogens with zero attached hydrogens (tertiary/aromatic N) is 3. The second kappa shape index (κ2) is 7.99. The van der Waals surface area contributed by atoms with Crippen LogP contribution in [0.25, 0.3) is 16.7 Å². The van der Waals surface area contributed by atoms with Gasteiger partial charge in [-0.2, -0.15) is 4.80 Å². The highest BCUT2D eigenvalue weighted by Gasteiger charge is 2.10. The number of unbranched alkanes of at least 4 members (excludes halogenated alkanes) is 1. The van der Waals surface area contributed by atoms with Gasteiger partial charge in [0.15, 0.2) is 0 Å². The average molecular weight is 352 g/mol. The fourth-order valence-corrected chi connectivity index (χ4v) is 2.71. The van der Waals surface area contributed by atoms with Crippen molar-refractivity contribution in [1.29, 1.82) is 0 Å². The fraction of sp³-hybridized carbons (Fsp3) is 0.350. The van der Waals surface area contributed by atoms with Crippen LogP contribution in [0.5, 0.6) is 5.75 Å². The molecule has 0 unspecified atom stereocenters. The molecule has 6 nitrogen and oxygen atoms in total. The van der Waals surface area contributed by atoms with Crippen molar-refractivity contribution >= 4 is 22.6 Å². The summed E-state index contributed by atoms with van der Waals surface area (Å²) in [5.74, 6) is 0.856. The Morgan fingerprint density at radius 3 is 2.46 bits per heavy atom. The van der Waals surface area contributed by atoms with E-state index in [1.807, 2.05) is 50.2 Å². The van der Waals surface area contributed by atoms with Gasteiger partial charge in [0.25, 0.3) is 0 Å². The zero-order valence-corrected chi connectivity index (χ0v) is 15.5. The molecule has 0 aliphatic carbocycles. The summed E-state index contributed by atoms with van der Waals surface area (Å²) in [5.41, 5.74) is 4.16. The Kier molecular flexibility index (Phi) is 5.51. The zero-order chi connectivity index (χ0) is 18.5. The van der Waals surface area contributed by atoms with Gasteiger partial charge in [0, 0.05) is 12.1 Å². The fourth-order valence-electron chi connectivity index (χ4n) is 2.71. The largest absolute Gasteiger partial charge is 0.494 e. The normalized spacial score (nSPS) is 10.9. The van der Waals surface area contributed by atoms with Gasteiger partial charge in [0.1, 0.15) is 16.8 Å². The summed E-state index contributed by atoms with van der Waals surface area (Å²) < 4.78 is 5.46. The van der Waals surface area contributed by atoms with Crippen molar-refractivity contribution in [3.05, 3.63) is 42.0 Å². The SMILES string of the molecule is CCCCC(=O)Nc1cc2nn(-c3ccc(OCC)cc3)nc2cc1C. The minimum absolute atomic E-state index is 0.0354. The first kappa shape index (κ1) is 17.9. The van der Waals surface area contributed by atoms with Crippen LogP contribution in [0.4, 0.5) is 5.69 Å². The first-order chi connectivity index (χ1) is 12.6. The zero-order valence-electron chi connectivity index (χ0n) is 15.5. The van der Waals surface area contributed by atoms with E-state index in [2.05, 4.69) is 22.4 Å². The molecule has 6 heteroatoms. The molecule has 3 rings (SSSR count). The second-order valence-corrected chi connectivity index (χ2v) is 6.22. The molecule has 0 bridgehead atoms. The molecule has 3 aromatic rings. The first-order valence-corrected chi connectivity index (χ1v) is 9.01. The topological polar surface area (TPSA) is 69.0 Å². The summed E-state index contributed by atoms with van der Waals surface area (Å²) in [5, 5.41) is 12.1. The van der Waals surface area contributed by atoms with Crippen molar-refractivity contribution in [3.8, 4) is 11.4 Å². The smallest absolute Gasteiger partial charge is 0.224 e. The molecule has 0 spiro atoms. The third-order valence-electron chi connectivity index (χ3n) is 4.14. The highest BCUT2D eigenvalue weighted by molar-refractivity contribution is 5.94. The monoisotopic (exact) mass is 352 g/mol. The van der Waals surface area contributed by atoms with Gasteiger partial charge in [-0.15, -0.1) is 10.2 Å². The van der Waals surface area contributed by atoms with Crippen LogP contribution in [0.2, 0.25) is 0 Å². The number of nitrogens with one attached hydrogen (secondary N) is 1. The van der Waals surface area contributed by atoms with Gasteiger partial charge in [0.2, 0.25) is 5.91 Å². The number of aromatic nitrogens is 3. The van der Waals surface area contributed by atoms with E-state index in [1.54, 1.807) is 4.80 Å². The van der Waals surface area contributed by atoms with Crippen molar-refractivity contribution in [1.82, 2.24) is 15.0 Å². The maximum Gasteiger partial charge on any atom is 0.224 e. The maximum absolute atomic E-state index is 12.0. The summed E-state index contributed by atoms with van der Waals surface area (Å²) in [6.07, 6.45) is 2.43. The summed E-state index contributed by atoms with van der Waals surface area (Å²) >= 11 is 0. The van der Waals surface area contributed by atoms with Crippen LogP contribution in [-0.4, -0.2) is 27.5 Å². The molecule has 0 radical (unpaired) electrons. The van der Waals surface area contributed by atoms with Crippen LogP contribution in [0.1, 0.15) is 38.7 Å². The third-order valence-corrected chi connectivity index (χ3v) is 4.14. The van der Waals surface area contributed by atoms with E-state index in [4.69, 9.17) is 4.74 Å². The molecule has 26 heavy (non-hydrogen) atoms. The number of fused-ring (bicyclic) bond motifs is 1. The minimum Gasteiger partial charge on any atom is -0.494 e. The quantitative estimate of drug-likeness (QED) is 0.690. The highest BCUT2D eigenvalue weighted by Crippen LogP contribution is 2.23. The van der Waals surface area contributed by atoms with Gasteiger partial charge in [-0.25, -0.2) is 0 Å². The Hall–Kier alpha value is -2.89. The molecule has 2 aromatic carbocycles. The Morgan fingerprint density at radius 2 is 1.81 bits per heavy atom. The molecule has 0 aliphatic rings. The maximum atomic E-state index is 12.0. The third kappa shape index (κ3) is 4.02. The standard InChI is InChI=1S/C20H24N4O2/c1-4-6-7-20(25)21-17-13-19-18(12-14(17)3)22-24(23-19)15-8-10-16(11-9-15)26-5-2/h8-13H,4-7H2,1-3H3,(H,21,25). The molecule has 0 atom stereocenters. The van der Waals surface area contributed by atoms with Gasteiger partial charge in [-0.05, 0) is 62.2 Å². The van der Waals surface area contributed by atoms with Crippen LogP contribution >= 0.6 is 0 Å². The van der Waals surface area contributed by atoms with Crippen LogP contribution in [0.15, 0.2) is 36.4 Å². The Balaban J connectivity index is 1.85. The van der Waals surface area contributed by atoms with Crippen LogP contribution in [-0.2, 0) is 4.79 Å². The van der Waals surface area contributed by atoms with Gasteiger partial charge in [-0.1, -0.05) is 13.3 Å². The van der Waals surface area contributed by atoms with E-state index in [0.717, 1.165) is 46.6 Å². The van der Waals surface area contributed by atoms with E-state index >= 15 is 0 Å². The van der Waals surface area contributed by atoms with Crippen LogP contribution < -0.4 is 10.1 Å². The Bertz CT molecular complexity index is 900.